The number of hydrogen-bond acceptors (Lipinski definition) is 1. The zero-order chi connectivity index (χ0) is 15.4. The van der Waals surface area contributed by atoms with Crippen LogP contribution in [-0.2, 0) is 0 Å². The molecule has 1 unspecified atom stereocenters. The van der Waals surface area contributed by atoms with Crippen LogP contribution in [-0.4, -0.2) is 5.91 Å². The van der Waals surface area contributed by atoms with Crippen LogP contribution >= 0.6 is 0 Å². The van der Waals surface area contributed by atoms with Crippen LogP contribution in [0.25, 0.3) is 0 Å². The number of carbonyl (C=O) groups is 1. The van der Waals surface area contributed by atoms with Gasteiger partial charge in [-0.05, 0) is 23.6 Å². The van der Waals surface area contributed by atoms with Gasteiger partial charge < -0.3 is 5.32 Å². The topological polar surface area (TPSA) is 29.1 Å². The van der Waals surface area contributed by atoms with Crippen molar-refractivity contribution in [3.8, 4) is 0 Å². The SMILES string of the molecule is CC(C)C(NC(=O)c1c(F)cccc1F)c1ccccc1. The first-order valence-electron chi connectivity index (χ1n) is 6.80. The van der Waals surface area contributed by atoms with Crippen molar-refractivity contribution in [2.45, 2.75) is 19.9 Å². The summed E-state index contributed by atoms with van der Waals surface area (Å²) in [6.07, 6.45) is 0. The maximum absolute atomic E-state index is 13.7. The minimum absolute atomic E-state index is 0.0891. The summed E-state index contributed by atoms with van der Waals surface area (Å²) in [5, 5.41) is 2.71. The number of carbonyl (C=O) groups excluding carboxylic acids is 1. The number of amides is 1. The lowest BCUT2D eigenvalue weighted by Gasteiger charge is -2.23. The first-order valence-corrected chi connectivity index (χ1v) is 6.80. The van der Waals surface area contributed by atoms with Crippen molar-refractivity contribution in [1.29, 1.82) is 0 Å². The molecule has 2 rings (SSSR count). The van der Waals surface area contributed by atoms with E-state index in [0.29, 0.717) is 0 Å². The molecular formula is C17H17F2NO. The second-order valence-corrected chi connectivity index (χ2v) is 5.20. The van der Waals surface area contributed by atoms with Crippen molar-refractivity contribution in [3.63, 3.8) is 0 Å². The molecule has 0 heterocycles. The normalized spacial score (nSPS) is 12.2. The first-order chi connectivity index (χ1) is 10.0. The summed E-state index contributed by atoms with van der Waals surface area (Å²) >= 11 is 0. The van der Waals surface area contributed by atoms with E-state index in [1.807, 2.05) is 44.2 Å². The molecule has 0 saturated heterocycles. The van der Waals surface area contributed by atoms with E-state index in [-0.39, 0.29) is 12.0 Å². The van der Waals surface area contributed by atoms with Crippen LogP contribution in [0.5, 0.6) is 0 Å². The Balaban J connectivity index is 2.28. The smallest absolute Gasteiger partial charge is 0.257 e. The van der Waals surface area contributed by atoms with Gasteiger partial charge in [-0.2, -0.15) is 0 Å². The van der Waals surface area contributed by atoms with Crippen molar-refractivity contribution >= 4 is 5.91 Å². The molecule has 110 valence electrons. The van der Waals surface area contributed by atoms with Gasteiger partial charge in [0.15, 0.2) is 0 Å². The minimum Gasteiger partial charge on any atom is -0.345 e. The van der Waals surface area contributed by atoms with Crippen molar-refractivity contribution < 1.29 is 13.6 Å². The Morgan fingerprint density at radius 3 is 2.05 bits per heavy atom. The van der Waals surface area contributed by atoms with Crippen LogP contribution in [0, 0.1) is 17.6 Å². The van der Waals surface area contributed by atoms with Crippen molar-refractivity contribution in [3.05, 3.63) is 71.3 Å². The maximum atomic E-state index is 13.7. The van der Waals surface area contributed by atoms with Crippen LogP contribution < -0.4 is 5.32 Å². The summed E-state index contributed by atoms with van der Waals surface area (Å²) in [6, 6.07) is 12.4. The van der Waals surface area contributed by atoms with E-state index >= 15 is 0 Å². The molecule has 21 heavy (non-hydrogen) atoms. The molecule has 1 atom stereocenters. The minimum atomic E-state index is -0.858. The van der Waals surface area contributed by atoms with Gasteiger partial charge in [0.2, 0.25) is 0 Å². The van der Waals surface area contributed by atoms with Gasteiger partial charge >= 0.3 is 0 Å². The van der Waals surface area contributed by atoms with Gasteiger partial charge in [0, 0.05) is 0 Å². The second kappa shape index (κ2) is 6.48. The fourth-order valence-corrected chi connectivity index (χ4v) is 2.22. The summed E-state index contributed by atoms with van der Waals surface area (Å²) in [5.74, 6) is -2.37. The molecule has 1 amide bonds. The molecule has 0 aromatic heterocycles. The highest BCUT2D eigenvalue weighted by Gasteiger charge is 2.23. The highest BCUT2D eigenvalue weighted by Crippen LogP contribution is 2.22. The Morgan fingerprint density at radius 2 is 1.52 bits per heavy atom. The molecule has 2 aromatic carbocycles. The number of nitrogens with one attached hydrogen (secondary N) is 1. The van der Waals surface area contributed by atoms with E-state index in [1.54, 1.807) is 0 Å². The Morgan fingerprint density at radius 1 is 0.952 bits per heavy atom. The van der Waals surface area contributed by atoms with Crippen LogP contribution in [0.15, 0.2) is 48.5 Å². The van der Waals surface area contributed by atoms with Gasteiger partial charge in [0.25, 0.3) is 5.91 Å². The summed E-state index contributed by atoms with van der Waals surface area (Å²) in [7, 11) is 0. The van der Waals surface area contributed by atoms with E-state index in [4.69, 9.17) is 0 Å². The molecule has 0 radical (unpaired) electrons. The Bertz CT molecular complexity index is 606. The molecule has 0 spiro atoms. The van der Waals surface area contributed by atoms with E-state index in [2.05, 4.69) is 5.32 Å². The number of hydrogen-bond donors (Lipinski definition) is 1. The summed E-state index contributed by atoms with van der Waals surface area (Å²) in [5.41, 5.74) is 0.358. The second-order valence-electron chi connectivity index (χ2n) is 5.20. The van der Waals surface area contributed by atoms with Gasteiger partial charge in [-0.3, -0.25) is 4.79 Å². The molecule has 1 N–H and O–H groups in total. The third-order valence-electron chi connectivity index (χ3n) is 3.30. The largest absolute Gasteiger partial charge is 0.345 e. The van der Waals surface area contributed by atoms with E-state index in [0.717, 1.165) is 17.7 Å². The summed E-state index contributed by atoms with van der Waals surface area (Å²) in [6.45, 7) is 3.88. The fraction of sp³-hybridized carbons (Fsp3) is 0.235. The zero-order valence-corrected chi connectivity index (χ0v) is 11.9. The molecule has 0 aliphatic rings. The highest BCUT2D eigenvalue weighted by atomic mass is 19.1. The summed E-state index contributed by atoms with van der Waals surface area (Å²) < 4.78 is 27.3. The van der Waals surface area contributed by atoms with Gasteiger partial charge in [-0.15, -0.1) is 0 Å². The van der Waals surface area contributed by atoms with Crippen molar-refractivity contribution in [2.24, 2.45) is 5.92 Å². The predicted molar refractivity (Wildman–Crippen MR) is 77.8 cm³/mol. The molecule has 2 nitrogen and oxygen atoms in total. The number of rotatable bonds is 4. The standard InChI is InChI=1S/C17H17F2NO/c1-11(2)16(12-7-4-3-5-8-12)20-17(21)15-13(18)9-6-10-14(15)19/h3-11,16H,1-2H3,(H,20,21). The molecule has 0 bridgehead atoms. The zero-order valence-electron chi connectivity index (χ0n) is 11.9. The Kier molecular flexibility index (Phi) is 4.68. The lowest BCUT2D eigenvalue weighted by Crippen LogP contribution is -2.32. The lowest BCUT2D eigenvalue weighted by molar-refractivity contribution is 0.0917. The fourth-order valence-electron chi connectivity index (χ4n) is 2.22. The predicted octanol–water partition coefficient (Wildman–Crippen LogP) is 4.09. The number of halogens is 2. The van der Waals surface area contributed by atoms with Crippen molar-refractivity contribution in [1.82, 2.24) is 5.32 Å². The third kappa shape index (κ3) is 3.45. The van der Waals surface area contributed by atoms with E-state index < -0.39 is 23.1 Å². The maximum Gasteiger partial charge on any atom is 0.257 e. The molecule has 0 aliphatic carbocycles. The molecular weight excluding hydrogens is 272 g/mol. The van der Waals surface area contributed by atoms with E-state index in [1.165, 1.54) is 6.07 Å². The third-order valence-corrected chi connectivity index (χ3v) is 3.30. The van der Waals surface area contributed by atoms with Gasteiger partial charge in [0.05, 0.1) is 6.04 Å². The van der Waals surface area contributed by atoms with Crippen LogP contribution in [0.2, 0.25) is 0 Å². The average molecular weight is 289 g/mol. The molecule has 0 fully saturated rings. The average Bonchev–Trinajstić information content (AvgIpc) is 2.45. The van der Waals surface area contributed by atoms with E-state index in [9.17, 15) is 13.6 Å². The number of benzene rings is 2. The lowest BCUT2D eigenvalue weighted by atomic mass is 9.95. The highest BCUT2D eigenvalue weighted by molar-refractivity contribution is 5.95. The van der Waals surface area contributed by atoms with Gasteiger partial charge in [-0.1, -0.05) is 50.2 Å². The first kappa shape index (κ1) is 15.2. The van der Waals surface area contributed by atoms with Gasteiger partial charge in [-0.25, -0.2) is 8.78 Å². The van der Waals surface area contributed by atoms with Crippen LogP contribution in [0.4, 0.5) is 8.78 Å². The molecule has 0 aliphatic heterocycles. The monoisotopic (exact) mass is 289 g/mol. The van der Waals surface area contributed by atoms with Crippen LogP contribution in [0.1, 0.15) is 35.8 Å². The molecule has 2 aromatic rings. The molecule has 4 heteroatoms. The summed E-state index contributed by atoms with van der Waals surface area (Å²) in [4.78, 5) is 12.2. The quantitative estimate of drug-likeness (QED) is 0.902. The Hall–Kier alpha value is -2.23. The van der Waals surface area contributed by atoms with Gasteiger partial charge in [0.1, 0.15) is 17.2 Å². The Labute approximate surface area is 122 Å². The van der Waals surface area contributed by atoms with Crippen LogP contribution in [0.3, 0.4) is 0 Å². The molecule has 0 saturated carbocycles. The van der Waals surface area contributed by atoms with Crippen molar-refractivity contribution in [2.75, 3.05) is 0 Å².